The van der Waals surface area contributed by atoms with Gasteiger partial charge in [0.15, 0.2) is 0 Å². The second kappa shape index (κ2) is 5.00. The third kappa shape index (κ3) is 2.48. The molecule has 0 fully saturated rings. The van der Waals surface area contributed by atoms with E-state index in [4.69, 9.17) is 16.3 Å². The number of halogens is 1. The maximum atomic E-state index is 5.83. The van der Waals surface area contributed by atoms with Gasteiger partial charge in [-0.1, -0.05) is 11.6 Å². The number of anilines is 1. The van der Waals surface area contributed by atoms with Crippen LogP contribution < -0.4 is 9.64 Å². The van der Waals surface area contributed by atoms with Crippen molar-refractivity contribution in [2.45, 2.75) is 13.8 Å². The van der Waals surface area contributed by atoms with Gasteiger partial charge in [-0.15, -0.1) is 0 Å². The van der Waals surface area contributed by atoms with Crippen LogP contribution in [0.25, 0.3) is 0 Å². The standard InChI is InChI=1S/C9H14ClN3O/c1-4-13(5-2)8-6-7(10)11-9(12-8)14-3/h6H,4-5H2,1-3H3. The topological polar surface area (TPSA) is 38.2 Å². The molecule has 1 rings (SSSR count). The molecule has 5 heteroatoms. The van der Waals surface area contributed by atoms with Gasteiger partial charge in [-0.05, 0) is 13.8 Å². The van der Waals surface area contributed by atoms with Crippen molar-refractivity contribution >= 4 is 17.4 Å². The summed E-state index contributed by atoms with van der Waals surface area (Å²) in [5.41, 5.74) is 0. The summed E-state index contributed by atoms with van der Waals surface area (Å²) in [6, 6.07) is 2.04. The van der Waals surface area contributed by atoms with E-state index in [0.29, 0.717) is 11.2 Å². The Labute approximate surface area is 88.9 Å². The lowest BCUT2D eigenvalue weighted by atomic mass is 10.4. The van der Waals surface area contributed by atoms with E-state index in [1.54, 1.807) is 6.07 Å². The number of rotatable bonds is 4. The lowest BCUT2D eigenvalue weighted by Crippen LogP contribution is -2.23. The van der Waals surface area contributed by atoms with Gasteiger partial charge in [0.1, 0.15) is 11.0 Å². The Morgan fingerprint density at radius 1 is 1.36 bits per heavy atom. The molecule has 1 aromatic rings. The van der Waals surface area contributed by atoms with Crippen molar-refractivity contribution < 1.29 is 4.74 Å². The Hall–Kier alpha value is -1.03. The fourth-order valence-electron chi connectivity index (χ4n) is 1.19. The molecule has 0 saturated carbocycles. The van der Waals surface area contributed by atoms with Gasteiger partial charge in [0.2, 0.25) is 0 Å². The minimum absolute atomic E-state index is 0.305. The summed E-state index contributed by atoms with van der Waals surface area (Å²) in [5.74, 6) is 0.798. The van der Waals surface area contributed by atoms with Gasteiger partial charge in [-0.25, -0.2) is 0 Å². The predicted octanol–water partition coefficient (Wildman–Crippen LogP) is 1.98. The molecule has 0 saturated heterocycles. The summed E-state index contributed by atoms with van der Waals surface area (Å²) < 4.78 is 4.94. The first-order chi connectivity index (χ1) is 6.71. The van der Waals surface area contributed by atoms with Crippen LogP contribution in [0, 0.1) is 0 Å². The molecule has 0 bridgehead atoms. The third-order valence-electron chi connectivity index (χ3n) is 1.93. The van der Waals surface area contributed by atoms with Crippen LogP contribution in [0.15, 0.2) is 6.07 Å². The quantitative estimate of drug-likeness (QED) is 0.720. The second-order valence-electron chi connectivity index (χ2n) is 2.71. The first kappa shape index (κ1) is 11.0. The first-order valence-electron chi connectivity index (χ1n) is 4.54. The number of ether oxygens (including phenoxy) is 1. The van der Waals surface area contributed by atoms with Crippen LogP contribution >= 0.6 is 11.6 Å². The summed E-state index contributed by atoms with van der Waals surface area (Å²) in [6.45, 7) is 5.89. The molecule has 0 aliphatic rings. The molecule has 0 radical (unpaired) electrons. The third-order valence-corrected chi connectivity index (χ3v) is 2.12. The zero-order valence-corrected chi connectivity index (χ0v) is 9.38. The molecular weight excluding hydrogens is 202 g/mol. The van der Waals surface area contributed by atoms with Crippen molar-refractivity contribution in [2.75, 3.05) is 25.1 Å². The highest BCUT2D eigenvalue weighted by molar-refractivity contribution is 6.29. The Bertz CT molecular complexity index is 302. The van der Waals surface area contributed by atoms with Crippen LogP contribution in [0.3, 0.4) is 0 Å². The molecule has 0 aliphatic carbocycles. The zero-order chi connectivity index (χ0) is 10.6. The van der Waals surface area contributed by atoms with Crippen LogP contribution in [0.4, 0.5) is 5.82 Å². The van der Waals surface area contributed by atoms with Crippen molar-refractivity contribution in [3.63, 3.8) is 0 Å². The van der Waals surface area contributed by atoms with E-state index in [2.05, 4.69) is 28.7 Å². The van der Waals surface area contributed by atoms with Crippen LogP contribution in [-0.2, 0) is 0 Å². The highest BCUT2D eigenvalue weighted by Crippen LogP contribution is 2.18. The Balaban J connectivity index is 3.01. The normalized spacial score (nSPS) is 10.0. The predicted molar refractivity (Wildman–Crippen MR) is 57.2 cm³/mol. The Morgan fingerprint density at radius 3 is 2.50 bits per heavy atom. The molecule has 0 aliphatic heterocycles. The second-order valence-corrected chi connectivity index (χ2v) is 3.10. The number of hydrogen-bond donors (Lipinski definition) is 0. The lowest BCUT2D eigenvalue weighted by Gasteiger charge is -2.19. The Kier molecular flexibility index (Phi) is 3.95. The van der Waals surface area contributed by atoms with Crippen molar-refractivity contribution in [3.05, 3.63) is 11.2 Å². The van der Waals surface area contributed by atoms with Gasteiger partial charge in [-0.2, -0.15) is 9.97 Å². The van der Waals surface area contributed by atoms with Gasteiger partial charge in [0.25, 0.3) is 0 Å². The lowest BCUT2D eigenvalue weighted by molar-refractivity contribution is 0.380. The summed E-state index contributed by atoms with van der Waals surface area (Å²) in [6.07, 6.45) is 0. The maximum absolute atomic E-state index is 5.83. The van der Waals surface area contributed by atoms with Crippen LogP contribution in [-0.4, -0.2) is 30.2 Å². The van der Waals surface area contributed by atoms with Crippen molar-refractivity contribution in [1.29, 1.82) is 0 Å². The van der Waals surface area contributed by atoms with Crippen LogP contribution in [0.5, 0.6) is 6.01 Å². The monoisotopic (exact) mass is 215 g/mol. The van der Waals surface area contributed by atoms with E-state index < -0.39 is 0 Å². The van der Waals surface area contributed by atoms with E-state index in [-0.39, 0.29) is 0 Å². The largest absolute Gasteiger partial charge is 0.467 e. The van der Waals surface area contributed by atoms with Crippen molar-refractivity contribution in [2.24, 2.45) is 0 Å². The highest BCUT2D eigenvalue weighted by atomic mass is 35.5. The molecule has 0 atom stereocenters. The smallest absolute Gasteiger partial charge is 0.319 e. The molecule has 1 heterocycles. The van der Waals surface area contributed by atoms with Crippen LogP contribution in [0.1, 0.15) is 13.8 Å². The number of aromatic nitrogens is 2. The maximum Gasteiger partial charge on any atom is 0.319 e. The van der Waals surface area contributed by atoms with E-state index in [9.17, 15) is 0 Å². The zero-order valence-electron chi connectivity index (χ0n) is 8.62. The number of hydrogen-bond acceptors (Lipinski definition) is 4. The molecule has 14 heavy (non-hydrogen) atoms. The average Bonchev–Trinajstić information content (AvgIpc) is 2.19. The van der Waals surface area contributed by atoms with Gasteiger partial charge in [0.05, 0.1) is 7.11 Å². The van der Waals surface area contributed by atoms with E-state index >= 15 is 0 Å². The average molecular weight is 216 g/mol. The number of nitrogens with zero attached hydrogens (tertiary/aromatic N) is 3. The Morgan fingerprint density at radius 2 is 2.00 bits per heavy atom. The number of methoxy groups -OCH3 is 1. The minimum atomic E-state index is 0.305. The van der Waals surface area contributed by atoms with E-state index in [0.717, 1.165) is 18.9 Å². The highest BCUT2D eigenvalue weighted by Gasteiger charge is 2.07. The molecule has 1 aromatic heterocycles. The molecule has 0 spiro atoms. The summed E-state index contributed by atoms with van der Waals surface area (Å²) >= 11 is 5.83. The minimum Gasteiger partial charge on any atom is -0.467 e. The molecule has 0 aromatic carbocycles. The first-order valence-corrected chi connectivity index (χ1v) is 4.92. The summed E-state index contributed by atoms with van der Waals surface area (Å²) in [4.78, 5) is 10.2. The molecule has 4 nitrogen and oxygen atoms in total. The molecule has 78 valence electrons. The van der Waals surface area contributed by atoms with Crippen LogP contribution in [0.2, 0.25) is 5.15 Å². The van der Waals surface area contributed by atoms with Gasteiger partial charge in [-0.3, -0.25) is 0 Å². The van der Waals surface area contributed by atoms with E-state index in [1.165, 1.54) is 7.11 Å². The van der Waals surface area contributed by atoms with Crippen molar-refractivity contribution in [1.82, 2.24) is 9.97 Å². The summed E-state index contributed by atoms with van der Waals surface area (Å²) in [7, 11) is 1.53. The molecule has 0 N–H and O–H groups in total. The fraction of sp³-hybridized carbons (Fsp3) is 0.556. The van der Waals surface area contributed by atoms with Gasteiger partial charge >= 0.3 is 6.01 Å². The van der Waals surface area contributed by atoms with E-state index in [1.807, 2.05) is 0 Å². The van der Waals surface area contributed by atoms with Crippen molar-refractivity contribution in [3.8, 4) is 6.01 Å². The SMILES string of the molecule is CCN(CC)c1cc(Cl)nc(OC)n1. The molecular formula is C9H14ClN3O. The molecule has 0 amide bonds. The summed E-state index contributed by atoms with van der Waals surface area (Å²) in [5, 5.41) is 0.402. The fourth-order valence-corrected chi connectivity index (χ4v) is 1.36. The molecule has 0 unspecified atom stereocenters. The van der Waals surface area contributed by atoms with Gasteiger partial charge in [0, 0.05) is 19.2 Å². The van der Waals surface area contributed by atoms with Gasteiger partial charge < -0.3 is 9.64 Å².